The molecule has 0 saturated heterocycles. The van der Waals surface area contributed by atoms with Crippen LogP contribution in [0.2, 0.25) is 0 Å². The number of aliphatic imine (C=N–C) groups is 1. The minimum absolute atomic E-state index is 0.0908. The van der Waals surface area contributed by atoms with Gasteiger partial charge in [-0.25, -0.2) is 13.1 Å². The van der Waals surface area contributed by atoms with E-state index in [1.54, 1.807) is 21.1 Å². The predicted molar refractivity (Wildman–Crippen MR) is 105 cm³/mol. The quantitative estimate of drug-likeness (QED) is 0.285. The number of hydrogen-bond acceptors (Lipinski definition) is 5. The molecule has 0 radical (unpaired) electrons. The second-order valence-corrected chi connectivity index (χ2v) is 7.59. The van der Waals surface area contributed by atoms with Crippen LogP contribution >= 0.6 is 0 Å². The third-order valence-electron chi connectivity index (χ3n) is 3.43. The van der Waals surface area contributed by atoms with Crippen molar-refractivity contribution in [1.82, 2.24) is 10.0 Å². The number of benzene rings is 1. The number of nitrogens with zero attached hydrogens (tertiary/aromatic N) is 1. The highest BCUT2D eigenvalue weighted by Gasteiger charge is 2.05. The van der Waals surface area contributed by atoms with E-state index in [9.17, 15) is 8.42 Å². The number of rotatable bonds is 12. The summed E-state index contributed by atoms with van der Waals surface area (Å²) in [4.78, 5) is 4.16. The van der Waals surface area contributed by atoms with Gasteiger partial charge < -0.3 is 20.1 Å². The Balaban J connectivity index is 2.38. The molecule has 26 heavy (non-hydrogen) atoms. The lowest BCUT2D eigenvalue weighted by atomic mass is 10.3. The van der Waals surface area contributed by atoms with Crippen LogP contribution in [-0.4, -0.2) is 60.6 Å². The lowest BCUT2D eigenvalue weighted by Gasteiger charge is -2.13. The molecule has 0 aliphatic rings. The molecule has 0 aromatic heterocycles. The van der Waals surface area contributed by atoms with Gasteiger partial charge in [0.2, 0.25) is 10.0 Å². The molecule has 148 valence electrons. The van der Waals surface area contributed by atoms with Crippen molar-refractivity contribution in [2.75, 3.05) is 51.5 Å². The first-order valence-corrected chi connectivity index (χ1v) is 10.3. The number of ether oxygens (including phenoxy) is 2. The first-order valence-electron chi connectivity index (χ1n) is 8.67. The Morgan fingerprint density at radius 2 is 2.00 bits per heavy atom. The van der Waals surface area contributed by atoms with Crippen LogP contribution in [0.5, 0.6) is 5.75 Å². The molecule has 8 nitrogen and oxygen atoms in total. The van der Waals surface area contributed by atoms with Crippen molar-refractivity contribution in [3.63, 3.8) is 0 Å². The Morgan fingerprint density at radius 1 is 1.19 bits per heavy atom. The Hall–Kier alpha value is -1.84. The molecule has 9 heteroatoms. The van der Waals surface area contributed by atoms with Gasteiger partial charge in [-0.3, -0.25) is 4.99 Å². The third kappa shape index (κ3) is 9.59. The first-order chi connectivity index (χ1) is 12.5. The largest absolute Gasteiger partial charge is 0.493 e. The monoisotopic (exact) mass is 386 g/mol. The molecular formula is C17H30N4O4S. The van der Waals surface area contributed by atoms with Crippen LogP contribution in [0.3, 0.4) is 0 Å². The molecule has 0 fully saturated rings. The van der Waals surface area contributed by atoms with Gasteiger partial charge in [0.1, 0.15) is 5.75 Å². The lowest BCUT2D eigenvalue weighted by Crippen LogP contribution is -2.34. The molecule has 0 spiro atoms. The van der Waals surface area contributed by atoms with Crippen molar-refractivity contribution in [2.24, 2.45) is 4.99 Å². The predicted octanol–water partition coefficient (Wildman–Crippen LogP) is 1.42. The Labute approximate surface area is 156 Å². The molecule has 0 atom stereocenters. The van der Waals surface area contributed by atoms with Gasteiger partial charge in [0.05, 0.1) is 12.4 Å². The van der Waals surface area contributed by atoms with Crippen LogP contribution in [0, 0.1) is 0 Å². The normalized spacial score (nSPS) is 12.0. The summed E-state index contributed by atoms with van der Waals surface area (Å²) >= 11 is 0. The maximum atomic E-state index is 11.4. The molecule has 1 rings (SSSR count). The second-order valence-electron chi connectivity index (χ2n) is 5.50. The minimum atomic E-state index is -3.14. The molecule has 1 aromatic carbocycles. The average Bonchev–Trinajstić information content (AvgIpc) is 2.64. The van der Waals surface area contributed by atoms with Crippen molar-refractivity contribution in [2.45, 2.75) is 19.8 Å². The summed E-state index contributed by atoms with van der Waals surface area (Å²) in [6.45, 7) is 3.87. The second kappa shape index (κ2) is 12.5. The molecule has 0 aliphatic carbocycles. The molecule has 0 saturated carbocycles. The fourth-order valence-corrected chi connectivity index (χ4v) is 2.66. The number of guanidine groups is 1. The van der Waals surface area contributed by atoms with Crippen molar-refractivity contribution in [1.29, 1.82) is 0 Å². The van der Waals surface area contributed by atoms with Crippen LogP contribution in [0.1, 0.15) is 19.8 Å². The number of hydrogen-bond donors (Lipinski definition) is 3. The van der Waals surface area contributed by atoms with E-state index in [-0.39, 0.29) is 5.75 Å². The van der Waals surface area contributed by atoms with E-state index in [1.165, 1.54) is 0 Å². The Bertz CT molecular complexity index is 650. The summed E-state index contributed by atoms with van der Waals surface area (Å²) in [6.07, 6.45) is 1.49. The van der Waals surface area contributed by atoms with E-state index in [2.05, 4.69) is 20.3 Å². The van der Waals surface area contributed by atoms with Gasteiger partial charge in [-0.1, -0.05) is 6.07 Å². The van der Waals surface area contributed by atoms with E-state index in [1.807, 2.05) is 24.3 Å². The first kappa shape index (κ1) is 22.2. The standard InChI is InChI=1S/C17H30N4O4S/c1-4-26(22,23)20-11-6-10-19-17(18-2)21-15-8-5-9-16(14-15)25-13-7-12-24-3/h5,8-9,14,20H,4,6-7,10-13H2,1-3H3,(H2,18,19,21). The molecule has 0 aliphatic heterocycles. The summed E-state index contributed by atoms with van der Waals surface area (Å²) in [6, 6.07) is 7.62. The lowest BCUT2D eigenvalue weighted by molar-refractivity contribution is 0.172. The third-order valence-corrected chi connectivity index (χ3v) is 4.83. The summed E-state index contributed by atoms with van der Waals surface area (Å²) in [5.74, 6) is 1.48. The van der Waals surface area contributed by atoms with Crippen molar-refractivity contribution in [3.05, 3.63) is 24.3 Å². The van der Waals surface area contributed by atoms with E-state index in [4.69, 9.17) is 9.47 Å². The van der Waals surface area contributed by atoms with Crippen LogP contribution in [0.4, 0.5) is 5.69 Å². The smallest absolute Gasteiger partial charge is 0.211 e. The van der Waals surface area contributed by atoms with Crippen molar-refractivity contribution in [3.8, 4) is 5.75 Å². The zero-order valence-corrected chi connectivity index (χ0v) is 16.6. The topological polar surface area (TPSA) is 101 Å². The highest BCUT2D eigenvalue weighted by Crippen LogP contribution is 2.17. The summed E-state index contributed by atoms with van der Waals surface area (Å²) in [5.41, 5.74) is 0.856. The van der Waals surface area contributed by atoms with Gasteiger partial charge in [-0.2, -0.15) is 0 Å². The molecular weight excluding hydrogens is 356 g/mol. The van der Waals surface area contributed by atoms with Crippen molar-refractivity contribution < 1.29 is 17.9 Å². The fraction of sp³-hybridized carbons (Fsp3) is 0.588. The van der Waals surface area contributed by atoms with Crippen LogP contribution in [0.25, 0.3) is 0 Å². The fourth-order valence-electron chi connectivity index (χ4n) is 2.00. The van der Waals surface area contributed by atoms with E-state index < -0.39 is 10.0 Å². The van der Waals surface area contributed by atoms with Crippen LogP contribution in [-0.2, 0) is 14.8 Å². The number of nitrogens with one attached hydrogen (secondary N) is 3. The van der Waals surface area contributed by atoms with Crippen molar-refractivity contribution >= 4 is 21.7 Å². The van der Waals surface area contributed by atoms with Gasteiger partial charge >= 0.3 is 0 Å². The van der Waals surface area contributed by atoms with Gasteiger partial charge in [0.25, 0.3) is 0 Å². The average molecular weight is 387 g/mol. The molecule has 0 amide bonds. The molecule has 3 N–H and O–H groups in total. The summed E-state index contributed by atoms with van der Waals surface area (Å²) in [7, 11) is 0.213. The van der Waals surface area contributed by atoms with Gasteiger partial charge in [0.15, 0.2) is 5.96 Å². The summed E-state index contributed by atoms with van der Waals surface area (Å²) < 4.78 is 35.9. The highest BCUT2D eigenvalue weighted by atomic mass is 32.2. The maximum absolute atomic E-state index is 11.4. The van der Waals surface area contributed by atoms with E-state index >= 15 is 0 Å². The number of anilines is 1. The number of methoxy groups -OCH3 is 1. The van der Waals surface area contributed by atoms with E-state index in [0.717, 1.165) is 17.9 Å². The molecule has 1 aromatic rings. The molecule has 0 heterocycles. The van der Waals surface area contributed by atoms with Gasteiger partial charge in [-0.15, -0.1) is 0 Å². The van der Waals surface area contributed by atoms with Crippen LogP contribution in [0.15, 0.2) is 29.3 Å². The maximum Gasteiger partial charge on any atom is 0.211 e. The zero-order chi connectivity index (χ0) is 19.3. The SMILES string of the molecule is CCS(=O)(=O)NCCCNC(=NC)Nc1cccc(OCCCOC)c1. The number of sulfonamides is 1. The Kier molecular flexibility index (Phi) is 10.7. The summed E-state index contributed by atoms with van der Waals surface area (Å²) in [5, 5.41) is 6.33. The van der Waals surface area contributed by atoms with Crippen LogP contribution < -0.4 is 20.1 Å². The Morgan fingerprint density at radius 3 is 2.69 bits per heavy atom. The highest BCUT2D eigenvalue weighted by molar-refractivity contribution is 7.89. The van der Waals surface area contributed by atoms with Gasteiger partial charge in [-0.05, 0) is 25.5 Å². The van der Waals surface area contributed by atoms with E-state index in [0.29, 0.717) is 38.7 Å². The zero-order valence-electron chi connectivity index (χ0n) is 15.7. The molecule has 0 unspecified atom stereocenters. The molecule has 0 bridgehead atoms. The van der Waals surface area contributed by atoms with Gasteiger partial charge in [0, 0.05) is 52.0 Å². The minimum Gasteiger partial charge on any atom is -0.493 e.